The van der Waals surface area contributed by atoms with E-state index >= 15 is 0 Å². The zero-order valence-corrected chi connectivity index (χ0v) is 10.9. The molecule has 0 atom stereocenters. The van der Waals surface area contributed by atoms with E-state index in [1.807, 2.05) is 31.0 Å². The van der Waals surface area contributed by atoms with Crippen LogP contribution in [0.1, 0.15) is 19.4 Å². The Morgan fingerprint density at radius 2 is 2.12 bits per heavy atom. The van der Waals surface area contributed by atoms with Crippen LogP contribution in [-0.4, -0.2) is 30.4 Å². The number of carbonyl (C=O) groups excluding carboxylic acids is 1. The molecule has 0 saturated carbocycles. The Balaban J connectivity index is 2.65. The van der Waals surface area contributed by atoms with Gasteiger partial charge in [-0.25, -0.2) is 0 Å². The average molecular weight is 235 g/mol. The molecular formula is C13H21N3O. The fourth-order valence-corrected chi connectivity index (χ4v) is 1.37. The van der Waals surface area contributed by atoms with Crippen LogP contribution in [0, 0.1) is 6.92 Å². The number of aryl methyl sites for hydroxylation is 1. The van der Waals surface area contributed by atoms with Gasteiger partial charge in [0.05, 0.1) is 6.54 Å². The third-order valence-corrected chi connectivity index (χ3v) is 2.81. The summed E-state index contributed by atoms with van der Waals surface area (Å²) in [7, 11) is 1.93. The van der Waals surface area contributed by atoms with E-state index in [-0.39, 0.29) is 5.91 Å². The van der Waals surface area contributed by atoms with Gasteiger partial charge in [0, 0.05) is 17.4 Å². The molecule has 0 fully saturated rings. The first-order valence-corrected chi connectivity index (χ1v) is 5.76. The van der Waals surface area contributed by atoms with Crippen molar-refractivity contribution < 1.29 is 4.79 Å². The van der Waals surface area contributed by atoms with E-state index in [0.717, 1.165) is 11.3 Å². The molecule has 1 rings (SSSR count). The Hall–Kier alpha value is -1.55. The van der Waals surface area contributed by atoms with Crippen LogP contribution in [0.3, 0.4) is 0 Å². The predicted molar refractivity (Wildman–Crippen MR) is 72.0 cm³/mol. The highest BCUT2D eigenvalue weighted by atomic mass is 16.2. The summed E-state index contributed by atoms with van der Waals surface area (Å²) in [6, 6.07) is 5.85. The van der Waals surface area contributed by atoms with E-state index in [9.17, 15) is 4.79 Å². The number of nitrogens with zero attached hydrogens (tertiary/aromatic N) is 1. The summed E-state index contributed by atoms with van der Waals surface area (Å²) in [5, 5.41) is 2.88. The minimum absolute atomic E-state index is 0.0186. The van der Waals surface area contributed by atoms with Crippen molar-refractivity contribution in [3.8, 4) is 0 Å². The quantitative estimate of drug-likeness (QED) is 0.783. The van der Waals surface area contributed by atoms with E-state index in [4.69, 9.17) is 5.73 Å². The van der Waals surface area contributed by atoms with Crippen molar-refractivity contribution in [2.24, 2.45) is 0 Å². The minimum Gasteiger partial charge on any atom is -0.399 e. The Bertz CT molecular complexity index is 402. The summed E-state index contributed by atoms with van der Waals surface area (Å²) < 4.78 is 0. The lowest BCUT2D eigenvalue weighted by atomic mass is 10.2. The van der Waals surface area contributed by atoms with Gasteiger partial charge in [0.25, 0.3) is 0 Å². The molecule has 0 aliphatic rings. The number of amides is 1. The molecule has 17 heavy (non-hydrogen) atoms. The van der Waals surface area contributed by atoms with Crippen LogP contribution in [0.4, 0.5) is 11.4 Å². The second kappa shape index (κ2) is 5.68. The lowest BCUT2D eigenvalue weighted by Crippen LogP contribution is -2.34. The first-order chi connectivity index (χ1) is 7.90. The minimum atomic E-state index is -0.0186. The van der Waals surface area contributed by atoms with Crippen LogP contribution < -0.4 is 11.1 Å². The van der Waals surface area contributed by atoms with Crippen molar-refractivity contribution >= 4 is 17.3 Å². The van der Waals surface area contributed by atoms with Gasteiger partial charge >= 0.3 is 0 Å². The van der Waals surface area contributed by atoms with Gasteiger partial charge in [-0.15, -0.1) is 0 Å². The van der Waals surface area contributed by atoms with Gasteiger partial charge in [0.1, 0.15) is 0 Å². The van der Waals surface area contributed by atoms with Crippen LogP contribution >= 0.6 is 0 Å². The van der Waals surface area contributed by atoms with Crippen LogP contribution in [0.2, 0.25) is 0 Å². The molecule has 0 spiro atoms. The second-order valence-electron chi connectivity index (χ2n) is 4.63. The molecule has 4 heteroatoms. The number of likely N-dealkylation sites (N-methyl/N-ethyl adjacent to an activating group) is 1. The summed E-state index contributed by atoms with van der Waals surface area (Å²) in [6.45, 7) is 6.44. The number of nitrogens with two attached hydrogens (primary N) is 1. The molecule has 0 aliphatic carbocycles. The molecule has 1 aromatic carbocycles. The van der Waals surface area contributed by atoms with Gasteiger partial charge in [-0.05, 0) is 45.5 Å². The Kier molecular flexibility index (Phi) is 4.52. The standard InChI is InChI=1S/C13H21N3O/c1-9(2)16(4)8-13(17)15-12-7-11(14)6-5-10(12)3/h5-7,9H,8,14H2,1-4H3,(H,15,17). The fourth-order valence-electron chi connectivity index (χ4n) is 1.37. The van der Waals surface area contributed by atoms with E-state index in [2.05, 4.69) is 19.2 Å². The van der Waals surface area contributed by atoms with Crippen molar-refractivity contribution in [1.29, 1.82) is 0 Å². The summed E-state index contributed by atoms with van der Waals surface area (Å²) in [5.74, 6) is -0.0186. The molecule has 0 bridgehead atoms. The molecule has 3 N–H and O–H groups in total. The molecule has 0 aromatic heterocycles. The van der Waals surface area contributed by atoms with Gasteiger partial charge < -0.3 is 11.1 Å². The largest absolute Gasteiger partial charge is 0.399 e. The van der Waals surface area contributed by atoms with Gasteiger partial charge in [0.2, 0.25) is 5.91 Å². The van der Waals surface area contributed by atoms with E-state index < -0.39 is 0 Å². The van der Waals surface area contributed by atoms with Crippen molar-refractivity contribution in [1.82, 2.24) is 4.90 Å². The number of benzene rings is 1. The van der Waals surface area contributed by atoms with Crippen molar-refractivity contribution in [3.05, 3.63) is 23.8 Å². The Labute approximate surface area is 103 Å². The molecule has 0 aliphatic heterocycles. The topological polar surface area (TPSA) is 58.4 Å². The lowest BCUT2D eigenvalue weighted by molar-refractivity contribution is -0.117. The Morgan fingerprint density at radius 1 is 1.47 bits per heavy atom. The first kappa shape index (κ1) is 13.5. The molecule has 0 heterocycles. The highest BCUT2D eigenvalue weighted by Crippen LogP contribution is 2.17. The maximum Gasteiger partial charge on any atom is 0.238 e. The highest BCUT2D eigenvalue weighted by Gasteiger charge is 2.10. The Morgan fingerprint density at radius 3 is 2.71 bits per heavy atom. The maximum atomic E-state index is 11.8. The molecule has 1 amide bonds. The number of hydrogen-bond acceptors (Lipinski definition) is 3. The molecular weight excluding hydrogens is 214 g/mol. The molecule has 0 unspecified atom stereocenters. The second-order valence-corrected chi connectivity index (χ2v) is 4.63. The molecule has 0 radical (unpaired) electrons. The van der Waals surface area contributed by atoms with Crippen molar-refractivity contribution in [3.63, 3.8) is 0 Å². The summed E-state index contributed by atoms with van der Waals surface area (Å²) >= 11 is 0. The zero-order chi connectivity index (χ0) is 13.0. The first-order valence-electron chi connectivity index (χ1n) is 5.76. The molecule has 1 aromatic rings. The fraction of sp³-hybridized carbons (Fsp3) is 0.462. The van der Waals surface area contributed by atoms with Crippen LogP contribution in [0.15, 0.2) is 18.2 Å². The lowest BCUT2D eigenvalue weighted by Gasteiger charge is -2.20. The van der Waals surface area contributed by atoms with E-state index in [0.29, 0.717) is 18.3 Å². The van der Waals surface area contributed by atoms with Crippen molar-refractivity contribution in [2.45, 2.75) is 26.8 Å². The molecule has 4 nitrogen and oxygen atoms in total. The van der Waals surface area contributed by atoms with Gasteiger partial charge in [0.15, 0.2) is 0 Å². The zero-order valence-electron chi connectivity index (χ0n) is 10.9. The predicted octanol–water partition coefficient (Wildman–Crippen LogP) is 1.86. The number of hydrogen-bond donors (Lipinski definition) is 2. The van der Waals surface area contributed by atoms with Gasteiger partial charge in [-0.3, -0.25) is 9.69 Å². The molecule has 0 saturated heterocycles. The van der Waals surface area contributed by atoms with E-state index in [1.54, 1.807) is 6.07 Å². The number of anilines is 2. The van der Waals surface area contributed by atoms with Gasteiger partial charge in [-0.2, -0.15) is 0 Å². The van der Waals surface area contributed by atoms with Gasteiger partial charge in [-0.1, -0.05) is 6.07 Å². The maximum absolute atomic E-state index is 11.8. The van der Waals surface area contributed by atoms with Crippen LogP contribution in [0.5, 0.6) is 0 Å². The number of nitrogens with one attached hydrogen (secondary N) is 1. The smallest absolute Gasteiger partial charge is 0.238 e. The average Bonchev–Trinajstić information content (AvgIpc) is 2.23. The molecule has 94 valence electrons. The van der Waals surface area contributed by atoms with Crippen molar-refractivity contribution in [2.75, 3.05) is 24.6 Å². The summed E-state index contributed by atoms with van der Waals surface area (Å²) in [4.78, 5) is 13.8. The third kappa shape index (κ3) is 4.07. The summed E-state index contributed by atoms with van der Waals surface area (Å²) in [5.41, 5.74) is 8.14. The highest BCUT2D eigenvalue weighted by molar-refractivity contribution is 5.93. The number of rotatable bonds is 4. The monoisotopic (exact) mass is 235 g/mol. The SMILES string of the molecule is Cc1ccc(N)cc1NC(=O)CN(C)C(C)C. The van der Waals surface area contributed by atoms with Crippen LogP contribution in [0.25, 0.3) is 0 Å². The summed E-state index contributed by atoms with van der Waals surface area (Å²) in [6.07, 6.45) is 0. The number of nitrogen functional groups attached to an aromatic ring is 1. The third-order valence-electron chi connectivity index (χ3n) is 2.81. The van der Waals surface area contributed by atoms with E-state index in [1.165, 1.54) is 0 Å². The van der Waals surface area contributed by atoms with Crippen LogP contribution in [-0.2, 0) is 4.79 Å². The number of carbonyl (C=O) groups is 1. The normalized spacial score (nSPS) is 10.9.